The molecule has 2 aromatic rings. The van der Waals surface area contributed by atoms with E-state index >= 15 is 0 Å². The smallest absolute Gasteiger partial charge is 0.299 e. The molecule has 0 amide bonds. The molecule has 0 saturated carbocycles. The van der Waals surface area contributed by atoms with E-state index in [0.29, 0.717) is 11.1 Å². The van der Waals surface area contributed by atoms with E-state index in [2.05, 4.69) is 19.9 Å². The zero-order valence-electron chi connectivity index (χ0n) is 11.1. The van der Waals surface area contributed by atoms with Gasteiger partial charge in [-0.15, -0.1) is 5.10 Å². The number of nitrogen functional groups attached to an aromatic ring is 1. The average molecular weight is 312 g/mol. The summed E-state index contributed by atoms with van der Waals surface area (Å²) >= 11 is 0. The van der Waals surface area contributed by atoms with E-state index in [1.807, 2.05) is 0 Å². The summed E-state index contributed by atoms with van der Waals surface area (Å²) in [6, 6.07) is 2.77. The maximum absolute atomic E-state index is 12.1. The number of H-pyrrole nitrogens is 1. The number of aromatic nitrogens is 3. The quantitative estimate of drug-likeness (QED) is 0.554. The van der Waals surface area contributed by atoms with Crippen LogP contribution in [0.4, 0.5) is 17.3 Å². The lowest BCUT2D eigenvalue weighted by Crippen LogP contribution is -2.17. The summed E-state index contributed by atoms with van der Waals surface area (Å²) in [6.07, 6.45) is 0. The van der Waals surface area contributed by atoms with Crippen molar-refractivity contribution in [2.45, 2.75) is 19.0 Å². The number of rotatable bonds is 4. The van der Waals surface area contributed by atoms with Gasteiger partial charge >= 0.3 is 0 Å². The Bertz CT molecular complexity index is 813. The second-order valence-corrected chi connectivity index (χ2v) is 5.84. The van der Waals surface area contributed by atoms with Gasteiger partial charge in [-0.3, -0.25) is 14.8 Å². The largest absolute Gasteiger partial charge is 0.368 e. The molecule has 0 fully saturated rings. The van der Waals surface area contributed by atoms with Crippen LogP contribution in [0.1, 0.15) is 11.1 Å². The van der Waals surface area contributed by atoms with Crippen LogP contribution >= 0.6 is 0 Å². The molecular weight excluding hydrogens is 300 g/mol. The fourth-order valence-electron chi connectivity index (χ4n) is 1.64. The maximum atomic E-state index is 12.1. The van der Waals surface area contributed by atoms with Gasteiger partial charge < -0.3 is 5.73 Å². The summed E-state index contributed by atoms with van der Waals surface area (Å²) in [5, 5.41) is 16.1. The first-order valence-electron chi connectivity index (χ1n) is 5.67. The normalized spacial score (nSPS) is 11.3. The highest BCUT2D eigenvalue weighted by molar-refractivity contribution is 7.92. The number of sulfonamides is 1. The Balaban J connectivity index is 2.53. The maximum Gasteiger partial charge on any atom is 0.299 e. The second kappa shape index (κ2) is 5.01. The van der Waals surface area contributed by atoms with Gasteiger partial charge in [-0.1, -0.05) is 6.07 Å². The number of anilines is 2. The number of hydrogen-bond donors (Lipinski definition) is 3. The Hall–Kier alpha value is -2.69. The molecule has 0 bridgehead atoms. The van der Waals surface area contributed by atoms with Crippen molar-refractivity contribution in [2.24, 2.45) is 0 Å². The van der Waals surface area contributed by atoms with Gasteiger partial charge in [-0.2, -0.15) is 13.4 Å². The van der Waals surface area contributed by atoms with Crippen molar-refractivity contribution >= 4 is 27.3 Å². The van der Waals surface area contributed by atoms with Crippen LogP contribution in [0.3, 0.4) is 0 Å². The molecule has 112 valence electrons. The number of hydrogen-bond acceptors (Lipinski definition) is 7. The molecule has 4 N–H and O–H groups in total. The molecule has 21 heavy (non-hydrogen) atoms. The molecule has 0 aliphatic carbocycles. The molecule has 0 saturated heterocycles. The number of nitrogens with zero attached hydrogens (tertiary/aromatic N) is 3. The van der Waals surface area contributed by atoms with Gasteiger partial charge in [0.05, 0.1) is 4.92 Å². The average Bonchev–Trinajstić information content (AvgIpc) is 2.82. The summed E-state index contributed by atoms with van der Waals surface area (Å²) in [5.74, 6) is -0.175. The van der Waals surface area contributed by atoms with Crippen molar-refractivity contribution in [3.8, 4) is 0 Å². The Morgan fingerprint density at radius 3 is 2.57 bits per heavy atom. The fraction of sp³-hybridized carbons (Fsp3) is 0.200. The monoisotopic (exact) mass is 312 g/mol. The molecular formula is C10H12N6O4S. The molecule has 11 heteroatoms. The summed E-state index contributed by atoms with van der Waals surface area (Å²) in [4.78, 5) is 13.9. The first kappa shape index (κ1) is 14.7. The predicted molar refractivity (Wildman–Crippen MR) is 74.2 cm³/mol. The second-order valence-electron chi connectivity index (χ2n) is 4.27. The van der Waals surface area contributed by atoms with E-state index in [1.54, 1.807) is 13.8 Å². The van der Waals surface area contributed by atoms with Crippen LogP contribution in [-0.2, 0) is 10.0 Å². The van der Waals surface area contributed by atoms with Crippen LogP contribution in [0.25, 0.3) is 0 Å². The molecule has 0 aliphatic rings. The van der Waals surface area contributed by atoms with Gasteiger partial charge in [0.1, 0.15) is 5.69 Å². The molecule has 0 aliphatic heterocycles. The van der Waals surface area contributed by atoms with Crippen molar-refractivity contribution in [3.05, 3.63) is 33.4 Å². The van der Waals surface area contributed by atoms with Gasteiger partial charge in [0.15, 0.2) is 0 Å². The summed E-state index contributed by atoms with van der Waals surface area (Å²) in [6.45, 7) is 3.29. The van der Waals surface area contributed by atoms with Gasteiger partial charge in [0.2, 0.25) is 5.95 Å². The van der Waals surface area contributed by atoms with E-state index < -0.39 is 20.1 Å². The van der Waals surface area contributed by atoms with Crippen LogP contribution in [0.2, 0.25) is 0 Å². The summed E-state index contributed by atoms with van der Waals surface area (Å²) in [5.41, 5.74) is 5.94. The zero-order valence-corrected chi connectivity index (χ0v) is 11.9. The van der Waals surface area contributed by atoms with E-state index in [-0.39, 0.29) is 17.3 Å². The molecule has 1 heterocycles. The van der Waals surface area contributed by atoms with E-state index in [1.165, 1.54) is 12.1 Å². The van der Waals surface area contributed by atoms with Crippen LogP contribution in [-0.4, -0.2) is 28.5 Å². The first-order valence-corrected chi connectivity index (χ1v) is 7.16. The van der Waals surface area contributed by atoms with Gasteiger partial charge in [-0.25, -0.2) is 5.10 Å². The minimum atomic E-state index is -4.18. The molecule has 1 aromatic heterocycles. The highest BCUT2D eigenvalue weighted by Gasteiger charge is 2.26. The highest BCUT2D eigenvalue weighted by Crippen LogP contribution is 2.31. The van der Waals surface area contributed by atoms with Crippen molar-refractivity contribution in [3.63, 3.8) is 0 Å². The van der Waals surface area contributed by atoms with E-state index in [4.69, 9.17) is 5.73 Å². The minimum absolute atomic E-state index is 0.122. The third-order valence-electron chi connectivity index (χ3n) is 2.87. The first-order chi connectivity index (χ1) is 9.72. The van der Waals surface area contributed by atoms with Crippen LogP contribution in [0, 0.1) is 24.0 Å². The number of nitrogens with one attached hydrogen (secondary N) is 2. The van der Waals surface area contributed by atoms with E-state index in [9.17, 15) is 18.5 Å². The molecule has 0 unspecified atom stereocenters. The number of nitrogens with two attached hydrogens (primary N) is 1. The molecule has 1 aromatic carbocycles. The molecule has 10 nitrogen and oxygen atoms in total. The Morgan fingerprint density at radius 2 is 2.05 bits per heavy atom. The molecule has 0 radical (unpaired) electrons. The summed E-state index contributed by atoms with van der Waals surface area (Å²) in [7, 11) is -4.18. The number of aryl methyl sites for hydroxylation is 1. The topological polar surface area (TPSA) is 157 Å². The lowest BCUT2D eigenvalue weighted by molar-refractivity contribution is -0.383. The SMILES string of the molecule is Cc1ccc([N+](=O)[O-])c(NS(=O)(=O)c2n[nH]c(N)n2)c1C. The number of benzene rings is 1. The van der Waals surface area contributed by atoms with Crippen molar-refractivity contribution in [2.75, 3.05) is 10.5 Å². The Kier molecular flexibility index (Phi) is 3.51. The van der Waals surface area contributed by atoms with Crippen molar-refractivity contribution in [1.29, 1.82) is 0 Å². The van der Waals surface area contributed by atoms with Crippen LogP contribution < -0.4 is 10.5 Å². The van der Waals surface area contributed by atoms with E-state index in [0.717, 1.165) is 0 Å². The lowest BCUT2D eigenvalue weighted by atomic mass is 10.1. The number of nitro benzene ring substituents is 1. The van der Waals surface area contributed by atoms with Gasteiger partial charge in [0, 0.05) is 6.07 Å². The third-order valence-corrected chi connectivity index (χ3v) is 4.01. The lowest BCUT2D eigenvalue weighted by Gasteiger charge is -2.10. The zero-order chi connectivity index (χ0) is 15.8. The molecule has 2 rings (SSSR count). The standard InChI is InChI=1S/C10H12N6O4S/c1-5-3-4-7(16(17)18)8(6(5)2)15-21(19,20)10-12-9(11)13-14-10/h3-4,15H,1-2H3,(H3,11,12,13,14). The van der Waals surface area contributed by atoms with Gasteiger partial charge in [0.25, 0.3) is 20.9 Å². The van der Waals surface area contributed by atoms with Crippen LogP contribution in [0.15, 0.2) is 17.3 Å². The van der Waals surface area contributed by atoms with Crippen molar-refractivity contribution < 1.29 is 13.3 Å². The van der Waals surface area contributed by atoms with Crippen LogP contribution in [0.5, 0.6) is 0 Å². The number of aromatic amines is 1. The Labute approximate surface area is 119 Å². The number of nitro groups is 1. The van der Waals surface area contributed by atoms with Gasteiger partial charge in [-0.05, 0) is 25.0 Å². The third kappa shape index (κ3) is 2.76. The molecule has 0 spiro atoms. The fourth-order valence-corrected chi connectivity index (χ4v) is 2.64. The highest BCUT2D eigenvalue weighted by atomic mass is 32.2. The summed E-state index contributed by atoms with van der Waals surface area (Å²) < 4.78 is 26.4. The van der Waals surface area contributed by atoms with Crippen molar-refractivity contribution in [1.82, 2.24) is 15.2 Å². The molecule has 0 atom stereocenters. The minimum Gasteiger partial charge on any atom is -0.368 e. The Morgan fingerprint density at radius 1 is 1.38 bits per heavy atom. The predicted octanol–water partition coefficient (Wildman–Crippen LogP) is 0.713.